The minimum Gasteiger partial charge on any atom is -0.273 e. The lowest BCUT2D eigenvalue weighted by Gasteiger charge is -1.88. The third kappa shape index (κ3) is 0.943. The van der Waals surface area contributed by atoms with Gasteiger partial charge in [0.05, 0.1) is 0 Å². The van der Waals surface area contributed by atoms with Gasteiger partial charge in [0.15, 0.2) is 6.23 Å². The Bertz CT molecular complexity index is 193. The predicted octanol–water partition coefficient (Wildman–Crippen LogP) is 1.22. The molecule has 0 saturated carbocycles. The molecule has 0 bridgehead atoms. The topological polar surface area (TPSA) is 34.5 Å². The molecule has 1 saturated heterocycles. The van der Waals surface area contributed by atoms with E-state index in [4.69, 9.17) is 4.84 Å². The maximum absolute atomic E-state index is 4.84. The minimum atomic E-state index is 0.159. The van der Waals surface area contributed by atoms with Gasteiger partial charge in [-0.2, -0.15) is 5.48 Å². The van der Waals surface area contributed by atoms with Gasteiger partial charge in [-0.3, -0.25) is 4.84 Å². The molecule has 1 aliphatic heterocycles. The summed E-state index contributed by atoms with van der Waals surface area (Å²) in [5.41, 5.74) is 3.94. The molecular formula is C7H7NO. The molecule has 0 unspecified atom stereocenters. The SMILES string of the molecule is c1ccc([C@H]2NO2)cc1. The monoisotopic (exact) mass is 121 g/mol. The van der Waals surface area contributed by atoms with Crippen LogP contribution in [-0.4, -0.2) is 0 Å². The highest BCUT2D eigenvalue weighted by Crippen LogP contribution is 2.21. The molecule has 0 spiro atoms. The van der Waals surface area contributed by atoms with Gasteiger partial charge in [-0.05, 0) is 5.56 Å². The van der Waals surface area contributed by atoms with Crippen molar-refractivity contribution in [1.82, 2.24) is 5.48 Å². The second-order valence-electron chi connectivity index (χ2n) is 2.03. The van der Waals surface area contributed by atoms with Crippen molar-refractivity contribution in [2.75, 3.05) is 0 Å². The van der Waals surface area contributed by atoms with E-state index in [0.29, 0.717) is 0 Å². The van der Waals surface area contributed by atoms with Gasteiger partial charge in [0.25, 0.3) is 0 Å². The summed E-state index contributed by atoms with van der Waals surface area (Å²) in [4.78, 5) is 4.84. The van der Waals surface area contributed by atoms with Crippen molar-refractivity contribution < 1.29 is 4.84 Å². The third-order valence-corrected chi connectivity index (χ3v) is 1.34. The Morgan fingerprint density at radius 2 is 1.89 bits per heavy atom. The van der Waals surface area contributed by atoms with Crippen molar-refractivity contribution in [2.24, 2.45) is 0 Å². The molecule has 1 heterocycles. The first kappa shape index (κ1) is 4.97. The van der Waals surface area contributed by atoms with Gasteiger partial charge in [-0.15, -0.1) is 0 Å². The second-order valence-corrected chi connectivity index (χ2v) is 2.03. The van der Waals surface area contributed by atoms with Crippen molar-refractivity contribution in [1.29, 1.82) is 0 Å². The summed E-state index contributed by atoms with van der Waals surface area (Å²) in [6, 6.07) is 10.1. The maximum Gasteiger partial charge on any atom is 0.176 e. The Morgan fingerprint density at radius 3 is 2.44 bits per heavy atom. The number of benzene rings is 1. The number of hydroxylamine groups is 1. The molecule has 2 rings (SSSR count). The number of nitrogens with one attached hydrogen (secondary N) is 1. The van der Waals surface area contributed by atoms with Gasteiger partial charge in [-0.25, -0.2) is 0 Å². The molecule has 2 heteroatoms. The van der Waals surface area contributed by atoms with Crippen molar-refractivity contribution in [3.8, 4) is 0 Å². The molecule has 1 atom stereocenters. The molecule has 1 aromatic rings. The lowest BCUT2D eigenvalue weighted by molar-refractivity contribution is 0.374. The smallest absolute Gasteiger partial charge is 0.176 e. The van der Waals surface area contributed by atoms with Crippen LogP contribution in [0.15, 0.2) is 30.3 Å². The Morgan fingerprint density at radius 1 is 1.22 bits per heavy atom. The molecule has 1 aromatic carbocycles. The molecule has 1 N–H and O–H groups in total. The summed E-state index contributed by atoms with van der Waals surface area (Å²) in [6.45, 7) is 0. The van der Waals surface area contributed by atoms with Crippen LogP contribution in [0.4, 0.5) is 0 Å². The van der Waals surface area contributed by atoms with Gasteiger partial charge >= 0.3 is 0 Å². The van der Waals surface area contributed by atoms with Crippen molar-refractivity contribution in [3.05, 3.63) is 35.9 Å². The van der Waals surface area contributed by atoms with E-state index in [1.807, 2.05) is 30.3 Å². The van der Waals surface area contributed by atoms with Crippen LogP contribution in [0.2, 0.25) is 0 Å². The number of hydrogen-bond acceptors (Lipinski definition) is 2. The van der Waals surface area contributed by atoms with E-state index in [0.717, 1.165) is 0 Å². The molecule has 0 radical (unpaired) electrons. The highest BCUT2D eigenvalue weighted by atomic mass is 16.8. The molecule has 9 heavy (non-hydrogen) atoms. The molecule has 1 fully saturated rings. The van der Waals surface area contributed by atoms with E-state index in [2.05, 4.69) is 5.48 Å². The summed E-state index contributed by atoms with van der Waals surface area (Å²) in [5, 5.41) is 0. The first-order chi connectivity index (χ1) is 4.47. The fourth-order valence-electron chi connectivity index (χ4n) is 0.798. The van der Waals surface area contributed by atoms with Crippen LogP contribution in [-0.2, 0) is 4.84 Å². The third-order valence-electron chi connectivity index (χ3n) is 1.34. The Kier molecular flexibility index (Phi) is 1.01. The van der Waals surface area contributed by atoms with E-state index in [1.54, 1.807) is 0 Å². The van der Waals surface area contributed by atoms with Crippen molar-refractivity contribution >= 4 is 0 Å². The predicted molar refractivity (Wildman–Crippen MR) is 33.4 cm³/mol. The summed E-state index contributed by atoms with van der Waals surface area (Å²) in [5.74, 6) is 0. The second kappa shape index (κ2) is 1.83. The van der Waals surface area contributed by atoms with Crippen LogP contribution >= 0.6 is 0 Å². The van der Waals surface area contributed by atoms with Crippen LogP contribution < -0.4 is 5.48 Å². The molecular weight excluding hydrogens is 114 g/mol. The summed E-state index contributed by atoms with van der Waals surface area (Å²) < 4.78 is 0. The standard InChI is InChI=1S/C7H7NO/c1-2-4-6(5-3-1)7-8-9-7/h1-5,7-8H/t7-/m0/s1. The Labute approximate surface area is 53.4 Å². The molecule has 0 amide bonds. The molecule has 46 valence electrons. The molecule has 0 aliphatic carbocycles. The molecule has 2 nitrogen and oxygen atoms in total. The van der Waals surface area contributed by atoms with Gasteiger partial charge in [-0.1, -0.05) is 30.3 Å². The van der Waals surface area contributed by atoms with Gasteiger partial charge in [0.2, 0.25) is 0 Å². The highest BCUT2D eigenvalue weighted by Gasteiger charge is 2.23. The van der Waals surface area contributed by atoms with E-state index in [9.17, 15) is 0 Å². The fraction of sp³-hybridized carbons (Fsp3) is 0.143. The maximum atomic E-state index is 4.84. The van der Waals surface area contributed by atoms with Crippen molar-refractivity contribution in [2.45, 2.75) is 6.23 Å². The van der Waals surface area contributed by atoms with Gasteiger partial charge in [0, 0.05) is 0 Å². The highest BCUT2D eigenvalue weighted by molar-refractivity contribution is 5.18. The zero-order valence-electron chi connectivity index (χ0n) is 4.87. The zero-order chi connectivity index (χ0) is 6.10. The number of hydrogen-bond donors (Lipinski definition) is 1. The largest absolute Gasteiger partial charge is 0.273 e. The molecule has 1 aliphatic rings. The van der Waals surface area contributed by atoms with Gasteiger partial charge in [0.1, 0.15) is 0 Å². The summed E-state index contributed by atoms with van der Waals surface area (Å²) in [6.07, 6.45) is 0.159. The Balaban J connectivity index is 2.29. The van der Waals surface area contributed by atoms with Crippen LogP contribution in [0.1, 0.15) is 11.8 Å². The lowest BCUT2D eigenvalue weighted by atomic mass is 10.2. The van der Waals surface area contributed by atoms with E-state index < -0.39 is 0 Å². The van der Waals surface area contributed by atoms with Crippen LogP contribution in [0.25, 0.3) is 0 Å². The van der Waals surface area contributed by atoms with Gasteiger partial charge < -0.3 is 0 Å². The van der Waals surface area contributed by atoms with Crippen LogP contribution in [0, 0.1) is 0 Å². The average molecular weight is 121 g/mol. The van der Waals surface area contributed by atoms with E-state index in [-0.39, 0.29) is 6.23 Å². The summed E-state index contributed by atoms with van der Waals surface area (Å²) >= 11 is 0. The van der Waals surface area contributed by atoms with Crippen LogP contribution in [0.5, 0.6) is 0 Å². The van der Waals surface area contributed by atoms with Crippen molar-refractivity contribution in [3.63, 3.8) is 0 Å². The van der Waals surface area contributed by atoms with E-state index in [1.165, 1.54) is 5.56 Å². The average Bonchev–Trinajstić information content (AvgIpc) is 2.71. The quantitative estimate of drug-likeness (QED) is 0.567. The first-order valence-electron chi connectivity index (χ1n) is 2.93. The summed E-state index contributed by atoms with van der Waals surface area (Å²) in [7, 11) is 0. The van der Waals surface area contributed by atoms with Crippen LogP contribution in [0.3, 0.4) is 0 Å². The normalized spacial score (nSPS) is 23.8. The molecule has 0 aromatic heterocycles. The van der Waals surface area contributed by atoms with E-state index >= 15 is 0 Å². The lowest BCUT2D eigenvalue weighted by Crippen LogP contribution is -1.80. The minimum absolute atomic E-state index is 0.159. The Hall–Kier alpha value is -0.860. The first-order valence-corrected chi connectivity index (χ1v) is 2.93. The number of rotatable bonds is 1. The fourth-order valence-corrected chi connectivity index (χ4v) is 0.798. The zero-order valence-corrected chi connectivity index (χ0v) is 4.87.